The number of carboxylic acid groups (broad SMARTS) is 1. The second-order valence-corrected chi connectivity index (χ2v) is 7.98. The van der Waals surface area contributed by atoms with Crippen LogP contribution < -0.4 is 5.32 Å². The van der Waals surface area contributed by atoms with Gasteiger partial charge in [0.25, 0.3) is 0 Å². The Morgan fingerprint density at radius 1 is 1.10 bits per heavy atom. The number of hydrogen-bond acceptors (Lipinski definition) is 2. The van der Waals surface area contributed by atoms with E-state index in [0.29, 0.717) is 11.8 Å². The molecule has 0 saturated heterocycles. The third kappa shape index (κ3) is 4.72. The largest absolute Gasteiger partial charge is 0.481 e. The molecular formula is C17H29NO3. The Bertz CT molecular complexity index is 397. The minimum Gasteiger partial charge on any atom is -0.481 e. The fraction of sp³-hybridized carbons (Fsp3) is 0.882. The molecule has 4 nitrogen and oxygen atoms in total. The van der Waals surface area contributed by atoms with E-state index in [2.05, 4.69) is 19.2 Å². The summed E-state index contributed by atoms with van der Waals surface area (Å²) in [5, 5.41) is 12.3. The quantitative estimate of drug-likeness (QED) is 0.816. The van der Waals surface area contributed by atoms with Crippen molar-refractivity contribution in [2.75, 3.05) is 0 Å². The Labute approximate surface area is 127 Å². The average Bonchev–Trinajstić information content (AvgIpc) is 2.68. The summed E-state index contributed by atoms with van der Waals surface area (Å²) in [7, 11) is 0. The highest BCUT2D eigenvalue weighted by Gasteiger charge is 2.38. The van der Waals surface area contributed by atoms with Crippen LogP contribution in [0.2, 0.25) is 0 Å². The summed E-state index contributed by atoms with van der Waals surface area (Å²) in [6.45, 7) is 4.48. The summed E-state index contributed by atoms with van der Waals surface area (Å²) in [5.74, 6) is -0.715. The Kier molecular flexibility index (Phi) is 4.95. The summed E-state index contributed by atoms with van der Waals surface area (Å²) in [5.41, 5.74) is 0.0177. The first-order valence-electron chi connectivity index (χ1n) is 8.32. The molecule has 0 aromatic rings. The van der Waals surface area contributed by atoms with E-state index in [1.165, 1.54) is 6.42 Å². The van der Waals surface area contributed by atoms with Crippen molar-refractivity contribution < 1.29 is 14.7 Å². The van der Waals surface area contributed by atoms with Crippen LogP contribution in [-0.4, -0.2) is 23.0 Å². The molecule has 21 heavy (non-hydrogen) atoms. The molecule has 1 unspecified atom stereocenters. The minimum absolute atomic E-state index is 0.0563. The zero-order valence-corrected chi connectivity index (χ0v) is 13.4. The lowest BCUT2D eigenvalue weighted by Gasteiger charge is -2.36. The third-order valence-electron chi connectivity index (χ3n) is 5.31. The SMILES string of the molecule is CC1(C)CCC(NC(=O)CC2(CC(=O)O)CCCCC2)C1. The molecular weight excluding hydrogens is 266 g/mol. The predicted molar refractivity (Wildman–Crippen MR) is 82.0 cm³/mol. The Hall–Kier alpha value is -1.06. The van der Waals surface area contributed by atoms with Crippen LogP contribution in [0, 0.1) is 10.8 Å². The van der Waals surface area contributed by atoms with Crippen LogP contribution in [-0.2, 0) is 9.59 Å². The molecule has 1 atom stereocenters. The van der Waals surface area contributed by atoms with Crippen LogP contribution in [0.1, 0.15) is 78.1 Å². The van der Waals surface area contributed by atoms with Gasteiger partial charge in [0.05, 0.1) is 6.42 Å². The lowest BCUT2D eigenvalue weighted by molar-refractivity contribution is -0.141. The van der Waals surface area contributed by atoms with Crippen LogP contribution in [0.25, 0.3) is 0 Å². The van der Waals surface area contributed by atoms with Gasteiger partial charge < -0.3 is 10.4 Å². The van der Waals surface area contributed by atoms with E-state index in [4.69, 9.17) is 5.11 Å². The number of nitrogens with one attached hydrogen (secondary N) is 1. The molecule has 0 aliphatic heterocycles. The maximum atomic E-state index is 12.4. The number of aliphatic carboxylic acids is 1. The molecule has 0 aromatic heterocycles. The summed E-state index contributed by atoms with van der Waals surface area (Å²) in [4.78, 5) is 23.5. The number of carboxylic acids is 1. The maximum absolute atomic E-state index is 12.4. The summed E-state index contributed by atoms with van der Waals surface area (Å²) >= 11 is 0. The van der Waals surface area contributed by atoms with Gasteiger partial charge in [0.15, 0.2) is 0 Å². The fourth-order valence-corrected chi connectivity index (χ4v) is 4.22. The maximum Gasteiger partial charge on any atom is 0.303 e. The van der Waals surface area contributed by atoms with E-state index in [1.807, 2.05) is 0 Å². The predicted octanol–water partition coefficient (Wildman–Crippen LogP) is 3.50. The Morgan fingerprint density at radius 3 is 2.29 bits per heavy atom. The van der Waals surface area contributed by atoms with Gasteiger partial charge in [-0.25, -0.2) is 0 Å². The van der Waals surface area contributed by atoms with Gasteiger partial charge in [0.2, 0.25) is 5.91 Å². The number of carbonyl (C=O) groups is 2. The highest BCUT2D eigenvalue weighted by atomic mass is 16.4. The molecule has 2 aliphatic carbocycles. The molecule has 0 radical (unpaired) electrons. The number of hydrogen-bond donors (Lipinski definition) is 2. The van der Waals surface area contributed by atoms with E-state index in [0.717, 1.165) is 44.9 Å². The summed E-state index contributed by atoms with van der Waals surface area (Å²) in [6.07, 6.45) is 8.78. The highest BCUT2D eigenvalue weighted by molar-refractivity contribution is 5.78. The van der Waals surface area contributed by atoms with Crippen molar-refractivity contribution in [1.29, 1.82) is 0 Å². The number of rotatable bonds is 5. The number of carbonyl (C=O) groups excluding carboxylic acids is 1. The van der Waals surface area contributed by atoms with Crippen LogP contribution in [0.4, 0.5) is 0 Å². The van der Waals surface area contributed by atoms with Crippen molar-refractivity contribution >= 4 is 11.9 Å². The van der Waals surface area contributed by atoms with Crippen molar-refractivity contribution in [3.63, 3.8) is 0 Å². The topological polar surface area (TPSA) is 66.4 Å². The van der Waals surface area contributed by atoms with Crippen molar-refractivity contribution in [3.05, 3.63) is 0 Å². The van der Waals surface area contributed by atoms with Crippen LogP contribution >= 0.6 is 0 Å². The second-order valence-electron chi connectivity index (χ2n) is 7.98. The monoisotopic (exact) mass is 295 g/mol. The first-order chi connectivity index (χ1) is 9.80. The zero-order valence-electron chi connectivity index (χ0n) is 13.4. The van der Waals surface area contributed by atoms with Gasteiger partial charge in [-0.1, -0.05) is 33.1 Å². The second kappa shape index (κ2) is 6.37. The fourth-order valence-electron chi connectivity index (χ4n) is 4.22. The van der Waals surface area contributed by atoms with Gasteiger partial charge in [-0.15, -0.1) is 0 Å². The molecule has 4 heteroatoms. The van der Waals surface area contributed by atoms with Crippen LogP contribution in [0.3, 0.4) is 0 Å². The smallest absolute Gasteiger partial charge is 0.303 e. The molecule has 0 bridgehead atoms. The van der Waals surface area contributed by atoms with Crippen molar-refractivity contribution in [1.82, 2.24) is 5.32 Å². The van der Waals surface area contributed by atoms with Crippen molar-refractivity contribution in [3.8, 4) is 0 Å². The van der Waals surface area contributed by atoms with E-state index in [9.17, 15) is 9.59 Å². The molecule has 2 fully saturated rings. The average molecular weight is 295 g/mol. The van der Waals surface area contributed by atoms with Gasteiger partial charge in [0, 0.05) is 12.5 Å². The van der Waals surface area contributed by atoms with Crippen molar-refractivity contribution in [2.24, 2.45) is 10.8 Å². The molecule has 1 amide bonds. The minimum atomic E-state index is -0.772. The lowest BCUT2D eigenvalue weighted by atomic mass is 9.69. The van der Waals surface area contributed by atoms with Gasteiger partial charge in [0.1, 0.15) is 0 Å². The van der Waals surface area contributed by atoms with Gasteiger partial charge in [-0.05, 0) is 42.9 Å². The number of amides is 1. The van der Waals surface area contributed by atoms with Gasteiger partial charge in [-0.2, -0.15) is 0 Å². The zero-order chi connectivity index (χ0) is 15.5. The van der Waals surface area contributed by atoms with Crippen LogP contribution in [0.5, 0.6) is 0 Å². The summed E-state index contributed by atoms with van der Waals surface area (Å²) < 4.78 is 0. The van der Waals surface area contributed by atoms with Gasteiger partial charge >= 0.3 is 5.97 Å². The molecule has 0 aromatic carbocycles. The third-order valence-corrected chi connectivity index (χ3v) is 5.31. The molecule has 0 spiro atoms. The first-order valence-corrected chi connectivity index (χ1v) is 8.32. The normalized spacial score (nSPS) is 27.2. The molecule has 2 rings (SSSR count). The Balaban J connectivity index is 1.90. The standard InChI is InChI=1S/C17H29NO3/c1-16(2)9-6-13(10-16)18-14(19)11-17(12-15(20)21)7-4-3-5-8-17/h13H,3-12H2,1-2H3,(H,18,19)(H,20,21). The van der Waals surface area contributed by atoms with Crippen molar-refractivity contribution in [2.45, 2.75) is 84.1 Å². The molecule has 2 aliphatic rings. The molecule has 120 valence electrons. The van der Waals surface area contributed by atoms with Crippen LogP contribution in [0.15, 0.2) is 0 Å². The lowest BCUT2D eigenvalue weighted by Crippen LogP contribution is -2.39. The highest BCUT2D eigenvalue weighted by Crippen LogP contribution is 2.43. The van der Waals surface area contributed by atoms with E-state index in [1.54, 1.807) is 0 Å². The Morgan fingerprint density at radius 2 is 1.76 bits per heavy atom. The van der Waals surface area contributed by atoms with Gasteiger partial charge in [-0.3, -0.25) is 9.59 Å². The molecule has 2 N–H and O–H groups in total. The van der Waals surface area contributed by atoms with E-state index >= 15 is 0 Å². The first kappa shape index (κ1) is 16.3. The molecule has 0 heterocycles. The summed E-state index contributed by atoms with van der Waals surface area (Å²) in [6, 6.07) is 0.276. The molecule has 2 saturated carbocycles. The van der Waals surface area contributed by atoms with E-state index in [-0.39, 0.29) is 23.8 Å². The van der Waals surface area contributed by atoms with E-state index < -0.39 is 5.97 Å².